The first-order valence-corrected chi connectivity index (χ1v) is 9.73. The number of carbonyl (C=O) groups excluding carboxylic acids is 1. The van der Waals surface area contributed by atoms with Crippen molar-refractivity contribution in [2.45, 2.75) is 20.8 Å². The highest BCUT2D eigenvalue weighted by molar-refractivity contribution is 8.13. The standard InChI is InChI=1S/C20H22N4OS/c1-5-21-20(26-4)24-13(2)18(22-14(24)3)19(25)23-17-12-8-10-15-9-6-7-11-16(15)17/h6-12H,5H2,1-4H3,(H,23,25). The zero-order valence-electron chi connectivity index (χ0n) is 15.4. The molecule has 0 aliphatic rings. The Morgan fingerprint density at radius 3 is 2.65 bits per heavy atom. The van der Waals surface area contributed by atoms with Crippen LogP contribution in [-0.4, -0.2) is 33.4 Å². The molecule has 0 atom stereocenters. The molecule has 0 fully saturated rings. The molecule has 3 aromatic rings. The van der Waals surface area contributed by atoms with Gasteiger partial charge in [0.15, 0.2) is 5.17 Å². The third-order valence-corrected chi connectivity index (χ3v) is 4.87. The SMILES string of the molecule is CCN=C(SC)n1c(C)nc(C(=O)Nc2cccc3ccccc23)c1C. The molecule has 134 valence electrons. The summed E-state index contributed by atoms with van der Waals surface area (Å²) in [5.74, 6) is 0.546. The molecule has 0 aliphatic heterocycles. The summed E-state index contributed by atoms with van der Waals surface area (Å²) in [5.41, 5.74) is 2.00. The van der Waals surface area contributed by atoms with E-state index in [1.54, 1.807) is 11.8 Å². The molecule has 1 heterocycles. The number of fused-ring (bicyclic) bond motifs is 1. The number of carbonyl (C=O) groups is 1. The van der Waals surface area contributed by atoms with Crippen molar-refractivity contribution >= 4 is 39.3 Å². The van der Waals surface area contributed by atoms with E-state index in [1.165, 1.54) is 0 Å². The number of nitrogens with one attached hydrogen (secondary N) is 1. The monoisotopic (exact) mass is 366 g/mol. The Morgan fingerprint density at radius 2 is 1.92 bits per heavy atom. The van der Waals surface area contributed by atoms with Crippen molar-refractivity contribution in [3.63, 3.8) is 0 Å². The molecule has 1 amide bonds. The molecular weight excluding hydrogens is 344 g/mol. The number of benzene rings is 2. The number of aryl methyl sites for hydroxylation is 1. The van der Waals surface area contributed by atoms with E-state index in [2.05, 4.69) is 15.3 Å². The van der Waals surface area contributed by atoms with Crippen molar-refractivity contribution in [1.29, 1.82) is 0 Å². The summed E-state index contributed by atoms with van der Waals surface area (Å²) < 4.78 is 1.94. The Labute approximate surface area is 157 Å². The second-order valence-corrected chi connectivity index (χ2v) is 6.64. The van der Waals surface area contributed by atoms with E-state index in [9.17, 15) is 4.79 Å². The molecule has 26 heavy (non-hydrogen) atoms. The highest BCUT2D eigenvalue weighted by Gasteiger charge is 2.20. The average Bonchev–Trinajstić information content (AvgIpc) is 2.94. The maximum atomic E-state index is 12.9. The van der Waals surface area contributed by atoms with Crippen LogP contribution >= 0.6 is 11.8 Å². The topological polar surface area (TPSA) is 59.3 Å². The van der Waals surface area contributed by atoms with E-state index in [-0.39, 0.29) is 5.91 Å². The molecule has 0 saturated heterocycles. The maximum absolute atomic E-state index is 12.9. The lowest BCUT2D eigenvalue weighted by atomic mass is 10.1. The van der Waals surface area contributed by atoms with Crippen molar-refractivity contribution in [2.24, 2.45) is 4.99 Å². The Balaban J connectivity index is 1.97. The Morgan fingerprint density at radius 1 is 1.19 bits per heavy atom. The largest absolute Gasteiger partial charge is 0.320 e. The minimum Gasteiger partial charge on any atom is -0.320 e. The Kier molecular flexibility index (Phi) is 5.42. The van der Waals surface area contributed by atoms with E-state index in [0.717, 1.165) is 33.1 Å². The lowest BCUT2D eigenvalue weighted by Crippen LogP contribution is -2.16. The lowest BCUT2D eigenvalue weighted by molar-refractivity contribution is 0.102. The van der Waals surface area contributed by atoms with Gasteiger partial charge in [-0.3, -0.25) is 14.4 Å². The van der Waals surface area contributed by atoms with Gasteiger partial charge in [-0.2, -0.15) is 0 Å². The highest BCUT2D eigenvalue weighted by Crippen LogP contribution is 2.24. The molecule has 0 aliphatic carbocycles. The van der Waals surface area contributed by atoms with Crippen LogP contribution in [0.4, 0.5) is 5.69 Å². The summed E-state index contributed by atoms with van der Waals surface area (Å²) in [6.45, 7) is 6.47. The maximum Gasteiger partial charge on any atom is 0.276 e. The quantitative estimate of drug-likeness (QED) is 0.549. The third-order valence-electron chi connectivity index (χ3n) is 4.20. The van der Waals surface area contributed by atoms with Crippen LogP contribution < -0.4 is 5.32 Å². The van der Waals surface area contributed by atoms with Gasteiger partial charge in [0.1, 0.15) is 11.5 Å². The van der Waals surface area contributed by atoms with Crippen LogP contribution in [0.15, 0.2) is 47.5 Å². The number of anilines is 1. The lowest BCUT2D eigenvalue weighted by Gasteiger charge is -2.10. The van der Waals surface area contributed by atoms with Crippen LogP contribution in [0.5, 0.6) is 0 Å². The predicted molar refractivity (Wildman–Crippen MR) is 110 cm³/mol. The number of aliphatic imine (C=N–C) groups is 1. The molecular formula is C20H22N4OS. The fourth-order valence-electron chi connectivity index (χ4n) is 3.02. The Bertz CT molecular complexity index is 985. The predicted octanol–water partition coefficient (Wildman–Crippen LogP) is 4.49. The molecule has 3 rings (SSSR count). The molecule has 2 aromatic carbocycles. The molecule has 0 unspecified atom stereocenters. The first kappa shape index (κ1) is 18.2. The fourth-order valence-corrected chi connectivity index (χ4v) is 3.73. The van der Waals surface area contributed by atoms with Gasteiger partial charge in [0, 0.05) is 17.6 Å². The molecule has 5 nitrogen and oxygen atoms in total. The highest BCUT2D eigenvalue weighted by atomic mass is 32.2. The van der Waals surface area contributed by atoms with Crippen molar-refractivity contribution in [3.8, 4) is 0 Å². The van der Waals surface area contributed by atoms with Gasteiger partial charge >= 0.3 is 0 Å². The second kappa shape index (κ2) is 7.74. The van der Waals surface area contributed by atoms with Gasteiger partial charge in [-0.05, 0) is 38.5 Å². The molecule has 0 radical (unpaired) electrons. The molecule has 1 N–H and O–H groups in total. The van der Waals surface area contributed by atoms with Gasteiger partial charge in [-0.1, -0.05) is 48.2 Å². The normalized spacial score (nSPS) is 11.8. The molecule has 0 saturated carbocycles. The van der Waals surface area contributed by atoms with Gasteiger partial charge in [0.2, 0.25) is 0 Å². The van der Waals surface area contributed by atoms with Crippen molar-refractivity contribution in [1.82, 2.24) is 9.55 Å². The molecule has 1 aromatic heterocycles. The van der Waals surface area contributed by atoms with Gasteiger partial charge < -0.3 is 5.32 Å². The van der Waals surface area contributed by atoms with Crippen LogP contribution in [0.3, 0.4) is 0 Å². The number of nitrogens with zero attached hydrogens (tertiary/aromatic N) is 3. The van der Waals surface area contributed by atoms with Crippen molar-refractivity contribution in [3.05, 3.63) is 59.7 Å². The number of hydrogen-bond acceptors (Lipinski definition) is 4. The number of aromatic nitrogens is 2. The number of hydrogen-bond donors (Lipinski definition) is 1. The van der Waals surface area contributed by atoms with Gasteiger partial charge in [-0.15, -0.1) is 0 Å². The summed E-state index contributed by atoms with van der Waals surface area (Å²) in [6, 6.07) is 13.9. The smallest absolute Gasteiger partial charge is 0.276 e. The third kappa shape index (κ3) is 3.37. The van der Waals surface area contributed by atoms with E-state index >= 15 is 0 Å². The minimum atomic E-state index is -0.211. The second-order valence-electron chi connectivity index (χ2n) is 5.87. The zero-order chi connectivity index (χ0) is 18.7. The molecule has 0 spiro atoms. The van der Waals surface area contributed by atoms with Crippen LogP contribution in [0.1, 0.15) is 28.9 Å². The van der Waals surface area contributed by atoms with E-state index in [4.69, 9.17) is 0 Å². The van der Waals surface area contributed by atoms with Crippen molar-refractivity contribution in [2.75, 3.05) is 18.1 Å². The molecule has 6 heteroatoms. The van der Waals surface area contributed by atoms with E-state index < -0.39 is 0 Å². The minimum absolute atomic E-state index is 0.211. The first-order valence-electron chi connectivity index (χ1n) is 8.50. The first-order chi connectivity index (χ1) is 12.6. The van der Waals surface area contributed by atoms with Crippen LogP contribution in [0, 0.1) is 13.8 Å². The van der Waals surface area contributed by atoms with Gasteiger partial charge in [-0.25, -0.2) is 4.98 Å². The summed E-state index contributed by atoms with van der Waals surface area (Å²) in [7, 11) is 0. The van der Waals surface area contributed by atoms with Gasteiger partial charge in [0.05, 0.1) is 5.69 Å². The number of thioether (sulfide) groups is 1. The number of imidazole rings is 1. The number of amides is 1. The van der Waals surface area contributed by atoms with E-state index in [1.807, 2.05) is 74.1 Å². The number of rotatable bonds is 3. The Hall–Kier alpha value is -2.60. The fraction of sp³-hybridized carbons (Fsp3) is 0.250. The van der Waals surface area contributed by atoms with Crippen LogP contribution in [0.25, 0.3) is 10.8 Å². The summed E-state index contributed by atoms with van der Waals surface area (Å²) in [6.07, 6.45) is 1.98. The summed E-state index contributed by atoms with van der Waals surface area (Å²) >= 11 is 1.55. The summed E-state index contributed by atoms with van der Waals surface area (Å²) in [5, 5.41) is 5.95. The average molecular weight is 366 g/mol. The molecule has 0 bridgehead atoms. The summed E-state index contributed by atoms with van der Waals surface area (Å²) in [4.78, 5) is 21.9. The van der Waals surface area contributed by atoms with Crippen LogP contribution in [0.2, 0.25) is 0 Å². The van der Waals surface area contributed by atoms with Gasteiger partial charge in [0.25, 0.3) is 5.91 Å². The van der Waals surface area contributed by atoms with Crippen molar-refractivity contribution < 1.29 is 4.79 Å². The van der Waals surface area contributed by atoms with E-state index in [0.29, 0.717) is 12.2 Å². The zero-order valence-corrected chi connectivity index (χ0v) is 16.2. The van der Waals surface area contributed by atoms with Crippen LogP contribution in [-0.2, 0) is 0 Å².